The molecule has 0 aliphatic carbocycles. The number of nitrogens with zero attached hydrogens (tertiary/aromatic N) is 3. The zero-order valence-electron chi connectivity index (χ0n) is 8.48. The van der Waals surface area contributed by atoms with Gasteiger partial charge in [0.25, 0.3) is 0 Å². The maximum atomic E-state index is 4.38. The molecule has 2 saturated heterocycles. The molecule has 0 spiro atoms. The van der Waals surface area contributed by atoms with E-state index in [9.17, 15) is 0 Å². The number of aromatic nitrogens is 2. The van der Waals surface area contributed by atoms with E-state index in [0.717, 1.165) is 23.6 Å². The molecule has 0 amide bonds. The highest BCUT2D eigenvalue weighted by molar-refractivity contribution is 5.44. The molecular weight excluding hydrogens is 174 g/mol. The van der Waals surface area contributed by atoms with Crippen LogP contribution in [0.25, 0.3) is 0 Å². The third kappa shape index (κ3) is 1.11. The summed E-state index contributed by atoms with van der Waals surface area (Å²) >= 11 is 0. The highest BCUT2D eigenvalue weighted by Crippen LogP contribution is 2.39. The van der Waals surface area contributed by atoms with Gasteiger partial charge in [-0.3, -0.25) is 0 Å². The highest BCUT2D eigenvalue weighted by atomic mass is 15.3. The van der Waals surface area contributed by atoms with Crippen molar-refractivity contribution < 1.29 is 0 Å². The molecule has 0 N–H and O–H groups in total. The summed E-state index contributed by atoms with van der Waals surface area (Å²) in [5, 5.41) is 0. The van der Waals surface area contributed by atoms with E-state index in [4.69, 9.17) is 0 Å². The third-order valence-corrected chi connectivity index (χ3v) is 3.51. The van der Waals surface area contributed by atoms with Crippen molar-refractivity contribution in [1.82, 2.24) is 9.97 Å². The zero-order chi connectivity index (χ0) is 9.54. The summed E-state index contributed by atoms with van der Waals surface area (Å²) in [6, 6.07) is 3.62. The van der Waals surface area contributed by atoms with Crippen molar-refractivity contribution >= 4 is 5.82 Å². The van der Waals surface area contributed by atoms with Gasteiger partial charge in [0.1, 0.15) is 12.1 Å². The number of hydrogen-bond donors (Lipinski definition) is 0. The predicted octanol–water partition coefficient (Wildman–Crippen LogP) is 1.92. The van der Waals surface area contributed by atoms with E-state index in [1.165, 1.54) is 25.7 Å². The van der Waals surface area contributed by atoms with Gasteiger partial charge in [0.15, 0.2) is 0 Å². The van der Waals surface area contributed by atoms with Gasteiger partial charge in [0, 0.05) is 23.8 Å². The largest absolute Gasteiger partial charge is 0.351 e. The Morgan fingerprint density at radius 1 is 1.14 bits per heavy atom. The minimum Gasteiger partial charge on any atom is -0.351 e. The molecule has 0 unspecified atom stereocenters. The molecule has 74 valence electrons. The number of hydrogen-bond acceptors (Lipinski definition) is 3. The summed E-state index contributed by atoms with van der Waals surface area (Å²) in [6.45, 7) is 2.03. The van der Waals surface area contributed by atoms with Gasteiger partial charge in [-0.1, -0.05) is 0 Å². The Balaban J connectivity index is 1.95. The van der Waals surface area contributed by atoms with Gasteiger partial charge in [-0.15, -0.1) is 0 Å². The number of aryl methyl sites for hydroxylation is 1. The van der Waals surface area contributed by atoms with Crippen molar-refractivity contribution in [1.29, 1.82) is 0 Å². The van der Waals surface area contributed by atoms with E-state index in [1.807, 2.05) is 6.92 Å². The van der Waals surface area contributed by atoms with Crippen LogP contribution in [-0.2, 0) is 0 Å². The molecule has 3 heterocycles. The fourth-order valence-corrected chi connectivity index (χ4v) is 2.87. The van der Waals surface area contributed by atoms with Gasteiger partial charge in [-0.05, 0) is 32.6 Å². The summed E-state index contributed by atoms with van der Waals surface area (Å²) in [7, 11) is 0. The molecule has 0 saturated carbocycles. The first-order chi connectivity index (χ1) is 6.84. The SMILES string of the molecule is Cc1cc(N2C3CCC2CC3)ncn1. The minimum absolute atomic E-state index is 0.759. The molecule has 0 radical (unpaired) electrons. The Kier molecular flexibility index (Phi) is 1.72. The van der Waals surface area contributed by atoms with Crippen LogP contribution < -0.4 is 4.90 Å². The molecule has 1 aromatic rings. The first-order valence-corrected chi connectivity index (χ1v) is 5.41. The van der Waals surface area contributed by atoms with Gasteiger partial charge in [-0.2, -0.15) is 0 Å². The molecule has 2 fully saturated rings. The first kappa shape index (κ1) is 8.21. The van der Waals surface area contributed by atoms with Crippen molar-refractivity contribution in [2.45, 2.75) is 44.7 Å². The van der Waals surface area contributed by atoms with Gasteiger partial charge in [0.2, 0.25) is 0 Å². The molecule has 3 rings (SSSR count). The fourth-order valence-electron chi connectivity index (χ4n) is 2.87. The number of rotatable bonds is 1. The molecule has 3 nitrogen and oxygen atoms in total. The third-order valence-electron chi connectivity index (χ3n) is 3.51. The van der Waals surface area contributed by atoms with Crippen molar-refractivity contribution in [3.05, 3.63) is 18.1 Å². The van der Waals surface area contributed by atoms with Crippen LogP contribution >= 0.6 is 0 Å². The smallest absolute Gasteiger partial charge is 0.132 e. The van der Waals surface area contributed by atoms with E-state index in [0.29, 0.717) is 0 Å². The summed E-state index contributed by atoms with van der Waals surface area (Å²) in [5.74, 6) is 1.14. The lowest BCUT2D eigenvalue weighted by Crippen LogP contribution is -2.28. The van der Waals surface area contributed by atoms with E-state index in [1.54, 1.807) is 6.33 Å². The lowest BCUT2D eigenvalue weighted by molar-refractivity contribution is 0.576. The standard InChI is InChI=1S/C11H15N3/c1-8-6-11(13-7-12-8)14-9-2-3-10(14)5-4-9/h6-7,9-10H,2-5H2,1H3. The highest BCUT2D eigenvalue weighted by Gasteiger charge is 2.39. The Morgan fingerprint density at radius 3 is 2.36 bits per heavy atom. The van der Waals surface area contributed by atoms with Crippen LogP contribution in [0.2, 0.25) is 0 Å². The van der Waals surface area contributed by atoms with Crippen LogP contribution in [0.5, 0.6) is 0 Å². The van der Waals surface area contributed by atoms with Gasteiger partial charge < -0.3 is 4.90 Å². The van der Waals surface area contributed by atoms with Crippen LogP contribution in [0.1, 0.15) is 31.4 Å². The summed E-state index contributed by atoms with van der Waals surface area (Å²) in [5.41, 5.74) is 1.07. The molecule has 0 atom stereocenters. The zero-order valence-corrected chi connectivity index (χ0v) is 8.48. The first-order valence-electron chi connectivity index (χ1n) is 5.41. The molecule has 2 bridgehead atoms. The Labute approximate surface area is 84.2 Å². The van der Waals surface area contributed by atoms with Crippen LogP contribution in [-0.4, -0.2) is 22.1 Å². The van der Waals surface area contributed by atoms with Crippen molar-refractivity contribution in [2.24, 2.45) is 0 Å². The van der Waals surface area contributed by atoms with Crippen molar-refractivity contribution in [3.8, 4) is 0 Å². The second-order valence-corrected chi connectivity index (χ2v) is 4.39. The Hall–Kier alpha value is -1.12. The summed E-state index contributed by atoms with van der Waals surface area (Å²) in [4.78, 5) is 11.0. The van der Waals surface area contributed by atoms with Crippen molar-refractivity contribution in [3.63, 3.8) is 0 Å². The van der Waals surface area contributed by atoms with Gasteiger partial charge in [0.05, 0.1) is 0 Å². The quantitative estimate of drug-likeness (QED) is 0.675. The average Bonchev–Trinajstić information content (AvgIpc) is 2.76. The molecule has 2 aliphatic rings. The number of fused-ring (bicyclic) bond motifs is 2. The maximum Gasteiger partial charge on any atom is 0.132 e. The van der Waals surface area contributed by atoms with Crippen LogP contribution in [0.4, 0.5) is 5.82 Å². The average molecular weight is 189 g/mol. The van der Waals surface area contributed by atoms with Crippen LogP contribution in [0, 0.1) is 6.92 Å². The lowest BCUT2D eigenvalue weighted by Gasteiger charge is -2.22. The maximum absolute atomic E-state index is 4.38. The van der Waals surface area contributed by atoms with E-state index < -0.39 is 0 Å². The Morgan fingerprint density at radius 2 is 1.79 bits per heavy atom. The molecular formula is C11H15N3. The lowest BCUT2D eigenvalue weighted by atomic mass is 10.0. The molecule has 14 heavy (non-hydrogen) atoms. The monoisotopic (exact) mass is 189 g/mol. The normalized spacial score (nSPS) is 29.9. The minimum atomic E-state index is 0.759. The van der Waals surface area contributed by atoms with E-state index >= 15 is 0 Å². The second kappa shape index (κ2) is 2.94. The van der Waals surface area contributed by atoms with Crippen LogP contribution in [0.3, 0.4) is 0 Å². The van der Waals surface area contributed by atoms with Gasteiger partial charge >= 0.3 is 0 Å². The predicted molar refractivity (Wildman–Crippen MR) is 55.3 cm³/mol. The van der Waals surface area contributed by atoms with Gasteiger partial charge in [-0.25, -0.2) is 9.97 Å². The van der Waals surface area contributed by atoms with Crippen LogP contribution in [0.15, 0.2) is 12.4 Å². The summed E-state index contributed by atoms with van der Waals surface area (Å²) < 4.78 is 0. The van der Waals surface area contributed by atoms with E-state index in [-0.39, 0.29) is 0 Å². The molecule has 1 aromatic heterocycles. The van der Waals surface area contributed by atoms with Crippen molar-refractivity contribution in [2.75, 3.05) is 4.90 Å². The molecule has 3 heteroatoms. The second-order valence-electron chi connectivity index (χ2n) is 4.39. The fraction of sp³-hybridized carbons (Fsp3) is 0.636. The topological polar surface area (TPSA) is 29.0 Å². The molecule has 0 aromatic carbocycles. The number of anilines is 1. The summed E-state index contributed by atoms with van der Waals surface area (Å²) in [6.07, 6.45) is 7.10. The Bertz CT molecular complexity index is 330. The van der Waals surface area contributed by atoms with E-state index in [2.05, 4.69) is 20.9 Å². The molecule has 2 aliphatic heterocycles.